The molecule has 3 aromatic heterocycles. The second kappa shape index (κ2) is 7.01. The molecular formula is C20H14F3N5O. The maximum Gasteiger partial charge on any atom is 0.417 e. The first-order valence-corrected chi connectivity index (χ1v) is 8.59. The fourth-order valence-corrected chi connectivity index (χ4v) is 2.93. The summed E-state index contributed by atoms with van der Waals surface area (Å²) < 4.78 is 41.3. The Kier molecular flexibility index (Phi) is 4.50. The molecule has 0 radical (unpaired) electrons. The van der Waals surface area contributed by atoms with Gasteiger partial charge in [-0.3, -0.25) is 4.79 Å². The molecule has 9 heteroatoms. The highest BCUT2D eigenvalue weighted by molar-refractivity contribution is 6.02. The van der Waals surface area contributed by atoms with Crippen molar-refractivity contribution in [1.29, 1.82) is 0 Å². The summed E-state index contributed by atoms with van der Waals surface area (Å²) in [4.78, 5) is 20.8. The summed E-state index contributed by atoms with van der Waals surface area (Å²) in [6, 6.07) is 13.2. The molecule has 1 aromatic carbocycles. The van der Waals surface area contributed by atoms with Gasteiger partial charge in [-0.05, 0) is 31.2 Å². The second-order valence-corrected chi connectivity index (χ2v) is 6.29. The molecule has 0 saturated heterocycles. The number of carbonyl (C=O) groups is 1. The van der Waals surface area contributed by atoms with Gasteiger partial charge in [0, 0.05) is 23.5 Å². The Morgan fingerprint density at radius 3 is 2.62 bits per heavy atom. The van der Waals surface area contributed by atoms with Crippen molar-refractivity contribution in [3.05, 3.63) is 77.7 Å². The number of benzene rings is 1. The average molecular weight is 397 g/mol. The van der Waals surface area contributed by atoms with Crippen molar-refractivity contribution in [3.63, 3.8) is 0 Å². The van der Waals surface area contributed by atoms with Crippen LogP contribution in [0.2, 0.25) is 0 Å². The lowest BCUT2D eigenvalue weighted by molar-refractivity contribution is -0.137. The number of pyridine rings is 1. The highest BCUT2D eigenvalue weighted by Gasteiger charge is 2.34. The number of rotatable bonds is 3. The lowest BCUT2D eigenvalue weighted by Crippen LogP contribution is -2.16. The quantitative estimate of drug-likeness (QED) is 0.557. The molecule has 3 heterocycles. The van der Waals surface area contributed by atoms with Gasteiger partial charge in [-0.2, -0.15) is 22.8 Å². The number of alkyl halides is 3. The Labute approximate surface area is 163 Å². The van der Waals surface area contributed by atoms with Crippen molar-refractivity contribution in [1.82, 2.24) is 19.6 Å². The van der Waals surface area contributed by atoms with E-state index in [9.17, 15) is 18.0 Å². The van der Waals surface area contributed by atoms with E-state index in [2.05, 4.69) is 20.4 Å². The minimum atomic E-state index is -4.52. The van der Waals surface area contributed by atoms with Gasteiger partial charge in [-0.1, -0.05) is 24.3 Å². The molecule has 6 nitrogen and oxygen atoms in total. The van der Waals surface area contributed by atoms with Crippen LogP contribution < -0.4 is 5.32 Å². The molecule has 4 aromatic rings. The number of carbonyl (C=O) groups excluding carboxylic acids is 1. The molecular weight excluding hydrogens is 383 g/mol. The molecule has 0 aliphatic rings. The molecule has 0 aliphatic heterocycles. The molecule has 0 bridgehead atoms. The largest absolute Gasteiger partial charge is 0.417 e. The second-order valence-electron chi connectivity index (χ2n) is 6.29. The van der Waals surface area contributed by atoms with Gasteiger partial charge in [-0.15, -0.1) is 0 Å². The zero-order chi connectivity index (χ0) is 20.6. The highest BCUT2D eigenvalue weighted by atomic mass is 19.4. The number of hydrogen-bond donors (Lipinski definition) is 1. The predicted octanol–water partition coefficient (Wildman–Crippen LogP) is 4.37. The number of hydrogen-bond acceptors (Lipinski definition) is 4. The van der Waals surface area contributed by atoms with Gasteiger partial charge < -0.3 is 5.32 Å². The van der Waals surface area contributed by atoms with Crippen molar-refractivity contribution in [2.45, 2.75) is 13.1 Å². The summed E-state index contributed by atoms with van der Waals surface area (Å²) in [7, 11) is 0. The Bertz CT molecular complexity index is 1220. The number of nitrogens with one attached hydrogen (secondary N) is 1. The molecule has 0 fully saturated rings. The third-order valence-corrected chi connectivity index (χ3v) is 4.23. The maximum atomic E-state index is 13.3. The lowest BCUT2D eigenvalue weighted by Gasteiger charge is -2.10. The van der Waals surface area contributed by atoms with Gasteiger partial charge in [0.25, 0.3) is 5.91 Å². The number of halogens is 3. The number of aryl methyl sites for hydroxylation is 1. The topological polar surface area (TPSA) is 72.2 Å². The third kappa shape index (κ3) is 3.66. The van der Waals surface area contributed by atoms with E-state index >= 15 is 0 Å². The Morgan fingerprint density at radius 1 is 1.07 bits per heavy atom. The zero-order valence-electron chi connectivity index (χ0n) is 15.1. The number of aromatic nitrogens is 4. The number of anilines is 1. The van der Waals surface area contributed by atoms with E-state index in [4.69, 9.17) is 0 Å². The molecule has 0 aliphatic carbocycles. The van der Waals surface area contributed by atoms with E-state index < -0.39 is 17.6 Å². The van der Waals surface area contributed by atoms with E-state index in [1.165, 1.54) is 41.0 Å². The van der Waals surface area contributed by atoms with Crippen LogP contribution in [0.5, 0.6) is 0 Å². The van der Waals surface area contributed by atoms with E-state index in [0.29, 0.717) is 11.3 Å². The van der Waals surface area contributed by atoms with Crippen LogP contribution in [0, 0.1) is 6.92 Å². The van der Waals surface area contributed by atoms with Crippen molar-refractivity contribution in [3.8, 4) is 11.3 Å². The van der Waals surface area contributed by atoms with E-state index in [-0.39, 0.29) is 22.8 Å². The van der Waals surface area contributed by atoms with Gasteiger partial charge in [-0.25, -0.2) is 9.97 Å². The van der Waals surface area contributed by atoms with Crippen LogP contribution in [-0.2, 0) is 6.18 Å². The maximum absolute atomic E-state index is 13.3. The predicted molar refractivity (Wildman–Crippen MR) is 100 cm³/mol. The van der Waals surface area contributed by atoms with Crippen LogP contribution >= 0.6 is 0 Å². The zero-order valence-corrected chi connectivity index (χ0v) is 15.1. The molecule has 146 valence electrons. The normalized spacial score (nSPS) is 11.6. The molecule has 29 heavy (non-hydrogen) atoms. The molecule has 1 amide bonds. The van der Waals surface area contributed by atoms with Crippen molar-refractivity contribution < 1.29 is 18.0 Å². The minimum absolute atomic E-state index is 0.0665. The molecule has 0 saturated carbocycles. The molecule has 0 atom stereocenters. The summed E-state index contributed by atoms with van der Waals surface area (Å²) >= 11 is 0. The lowest BCUT2D eigenvalue weighted by atomic mass is 10.0. The Hall–Kier alpha value is -3.75. The molecule has 4 rings (SSSR count). The first kappa shape index (κ1) is 18.6. The van der Waals surface area contributed by atoms with Crippen LogP contribution in [0.3, 0.4) is 0 Å². The van der Waals surface area contributed by atoms with Crippen LogP contribution in [-0.4, -0.2) is 25.5 Å². The van der Waals surface area contributed by atoms with Crippen LogP contribution in [0.15, 0.2) is 60.8 Å². The minimum Gasteiger partial charge on any atom is -0.305 e. The summed E-state index contributed by atoms with van der Waals surface area (Å²) in [5.74, 6) is -0.201. The Balaban J connectivity index is 1.75. The molecule has 0 unspecified atom stereocenters. The van der Waals surface area contributed by atoms with Crippen LogP contribution in [0.1, 0.15) is 21.7 Å². The fourth-order valence-electron chi connectivity index (χ4n) is 2.93. The van der Waals surface area contributed by atoms with Gasteiger partial charge in [0.05, 0.1) is 11.3 Å². The standard InChI is InChI=1S/C20H14F3N5O/c1-12-5-4-8-15(25-12)19(29)26-17-9-10-24-18-11-16(27-28(17)18)13-6-2-3-7-14(13)20(21,22)23/h2-11H,1H3,(H,26,29). The van der Waals surface area contributed by atoms with Crippen molar-refractivity contribution >= 4 is 17.4 Å². The monoisotopic (exact) mass is 397 g/mol. The van der Waals surface area contributed by atoms with Crippen molar-refractivity contribution in [2.75, 3.05) is 5.32 Å². The van der Waals surface area contributed by atoms with Crippen molar-refractivity contribution in [2.24, 2.45) is 0 Å². The highest BCUT2D eigenvalue weighted by Crippen LogP contribution is 2.36. The van der Waals surface area contributed by atoms with E-state index in [0.717, 1.165) is 6.07 Å². The van der Waals surface area contributed by atoms with Crippen LogP contribution in [0.4, 0.5) is 19.0 Å². The summed E-state index contributed by atoms with van der Waals surface area (Å²) in [5, 5.41) is 6.92. The van der Waals surface area contributed by atoms with E-state index in [1.54, 1.807) is 25.1 Å². The molecule has 1 N–H and O–H groups in total. The number of amides is 1. The van der Waals surface area contributed by atoms with Gasteiger partial charge in [0.15, 0.2) is 5.65 Å². The van der Waals surface area contributed by atoms with Gasteiger partial charge in [0.2, 0.25) is 0 Å². The van der Waals surface area contributed by atoms with E-state index in [1.807, 2.05) is 0 Å². The summed E-state index contributed by atoms with van der Waals surface area (Å²) in [6.45, 7) is 1.76. The average Bonchev–Trinajstić information content (AvgIpc) is 3.12. The van der Waals surface area contributed by atoms with Gasteiger partial charge in [0.1, 0.15) is 11.5 Å². The third-order valence-electron chi connectivity index (χ3n) is 4.23. The summed E-state index contributed by atoms with van der Waals surface area (Å²) in [5.41, 5.74) is 0.432. The first-order chi connectivity index (χ1) is 13.8. The summed E-state index contributed by atoms with van der Waals surface area (Å²) in [6.07, 6.45) is -3.08. The number of fused-ring (bicyclic) bond motifs is 1. The fraction of sp³-hybridized carbons (Fsp3) is 0.100. The number of nitrogens with zero attached hydrogens (tertiary/aromatic N) is 4. The smallest absolute Gasteiger partial charge is 0.305 e. The Morgan fingerprint density at radius 2 is 1.86 bits per heavy atom. The van der Waals surface area contributed by atoms with Gasteiger partial charge >= 0.3 is 6.18 Å². The first-order valence-electron chi connectivity index (χ1n) is 8.59. The molecule has 0 spiro atoms. The SMILES string of the molecule is Cc1cccc(C(=O)Nc2ccnc3cc(-c4ccccc4C(F)(F)F)nn23)n1. The van der Waals surface area contributed by atoms with Crippen LogP contribution in [0.25, 0.3) is 16.9 Å².